The van der Waals surface area contributed by atoms with Gasteiger partial charge in [0, 0.05) is 25.3 Å². The summed E-state index contributed by atoms with van der Waals surface area (Å²) in [4.78, 5) is 41.2. The summed E-state index contributed by atoms with van der Waals surface area (Å²) >= 11 is 0. The molecule has 140 valence electrons. The van der Waals surface area contributed by atoms with Crippen molar-refractivity contribution in [3.63, 3.8) is 0 Å². The number of hydrogen-bond donors (Lipinski definition) is 0. The average molecular weight is 358 g/mol. The van der Waals surface area contributed by atoms with E-state index in [1.165, 1.54) is 0 Å². The molecular formula is C20H26N2O4. The van der Waals surface area contributed by atoms with Gasteiger partial charge in [0.05, 0.1) is 12.5 Å². The minimum atomic E-state index is -0.643. The third kappa shape index (κ3) is 3.59. The quantitative estimate of drug-likeness (QED) is 0.611. The highest BCUT2D eigenvalue weighted by atomic mass is 16.5. The normalized spacial score (nSPS) is 23.2. The standard InChI is InChI=1S/C20H26N2O4/c1-3-26-20(25)15-8-6-11-21(13-15)18(23)16-10-12-22(19(16)24)17-9-5-4-7-14(17)2/h4-5,7,9,15-16H,3,6,8,10-13H2,1-2H3/t15-,16+/m1/s1. The molecule has 0 aromatic heterocycles. The van der Waals surface area contributed by atoms with Gasteiger partial charge in [-0.2, -0.15) is 0 Å². The van der Waals surface area contributed by atoms with E-state index in [9.17, 15) is 14.4 Å². The number of carbonyl (C=O) groups excluding carboxylic acids is 3. The summed E-state index contributed by atoms with van der Waals surface area (Å²) in [6, 6.07) is 7.72. The second kappa shape index (κ2) is 7.89. The molecular weight excluding hydrogens is 332 g/mol. The van der Waals surface area contributed by atoms with Crippen LogP contribution in [0.25, 0.3) is 0 Å². The molecule has 2 saturated heterocycles. The number of aryl methyl sites for hydroxylation is 1. The van der Waals surface area contributed by atoms with Gasteiger partial charge in [0.15, 0.2) is 0 Å². The van der Waals surface area contributed by atoms with Crippen LogP contribution in [0.2, 0.25) is 0 Å². The number of esters is 1. The van der Waals surface area contributed by atoms with Crippen molar-refractivity contribution in [3.05, 3.63) is 29.8 Å². The minimum Gasteiger partial charge on any atom is -0.466 e. The molecule has 0 unspecified atom stereocenters. The molecule has 26 heavy (non-hydrogen) atoms. The maximum absolute atomic E-state index is 12.9. The Morgan fingerprint density at radius 3 is 2.69 bits per heavy atom. The van der Waals surface area contributed by atoms with Gasteiger partial charge >= 0.3 is 5.97 Å². The van der Waals surface area contributed by atoms with Crippen molar-refractivity contribution >= 4 is 23.5 Å². The molecule has 0 spiro atoms. The van der Waals surface area contributed by atoms with E-state index in [0.717, 1.165) is 24.1 Å². The molecule has 1 aromatic rings. The van der Waals surface area contributed by atoms with Gasteiger partial charge in [-0.15, -0.1) is 0 Å². The topological polar surface area (TPSA) is 66.9 Å². The van der Waals surface area contributed by atoms with Crippen LogP contribution < -0.4 is 4.90 Å². The first-order chi connectivity index (χ1) is 12.5. The molecule has 6 nitrogen and oxygen atoms in total. The Bertz CT molecular complexity index is 703. The van der Waals surface area contributed by atoms with Crippen molar-refractivity contribution in [1.29, 1.82) is 0 Å². The number of carbonyl (C=O) groups is 3. The number of benzene rings is 1. The molecule has 2 heterocycles. The molecule has 2 fully saturated rings. The van der Waals surface area contributed by atoms with E-state index in [4.69, 9.17) is 4.74 Å². The fourth-order valence-electron chi connectivity index (χ4n) is 3.86. The monoisotopic (exact) mass is 358 g/mol. The molecule has 0 aliphatic carbocycles. The SMILES string of the molecule is CCOC(=O)[C@@H]1CCCN(C(=O)[C@@H]2CCN(c3ccccc3C)C2=O)C1. The third-order valence-corrected chi connectivity index (χ3v) is 5.26. The average Bonchev–Trinajstić information content (AvgIpc) is 3.03. The van der Waals surface area contributed by atoms with Crippen LogP contribution in [-0.4, -0.2) is 48.9 Å². The second-order valence-electron chi connectivity index (χ2n) is 6.99. The highest BCUT2D eigenvalue weighted by Gasteiger charge is 2.41. The molecule has 2 amide bonds. The van der Waals surface area contributed by atoms with Crippen LogP contribution in [0.1, 0.15) is 31.7 Å². The Kier molecular flexibility index (Phi) is 5.59. The zero-order valence-corrected chi connectivity index (χ0v) is 15.4. The lowest BCUT2D eigenvalue weighted by Gasteiger charge is -2.33. The van der Waals surface area contributed by atoms with E-state index >= 15 is 0 Å². The first kappa shape index (κ1) is 18.4. The minimum absolute atomic E-state index is 0.137. The molecule has 0 saturated carbocycles. The fraction of sp³-hybridized carbons (Fsp3) is 0.550. The van der Waals surface area contributed by atoms with E-state index in [1.54, 1.807) is 16.7 Å². The maximum Gasteiger partial charge on any atom is 0.310 e. The van der Waals surface area contributed by atoms with E-state index in [1.807, 2.05) is 31.2 Å². The van der Waals surface area contributed by atoms with Crippen molar-refractivity contribution in [2.45, 2.75) is 33.1 Å². The van der Waals surface area contributed by atoms with E-state index in [2.05, 4.69) is 0 Å². The zero-order valence-electron chi connectivity index (χ0n) is 15.4. The zero-order chi connectivity index (χ0) is 18.7. The smallest absolute Gasteiger partial charge is 0.310 e. The first-order valence-electron chi connectivity index (χ1n) is 9.35. The number of hydrogen-bond acceptors (Lipinski definition) is 4. The number of likely N-dealkylation sites (tertiary alicyclic amines) is 1. The Hall–Kier alpha value is -2.37. The Balaban J connectivity index is 1.68. The second-order valence-corrected chi connectivity index (χ2v) is 6.99. The van der Waals surface area contributed by atoms with Gasteiger partial charge in [0.2, 0.25) is 11.8 Å². The van der Waals surface area contributed by atoms with Crippen molar-refractivity contribution in [2.24, 2.45) is 11.8 Å². The Morgan fingerprint density at radius 1 is 1.19 bits per heavy atom. The van der Waals surface area contributed by atoms with Gasteiger partial charge in [-0.25, -0.2) is 0 Å². The maximum atomic E-state index is 12.9. The van der Waals surface area contributed by atoms with Crippen molar-refractivity contribution in [1.82, 2.24) is 4.90 Å². The van der Waals surface area contributed by atoms with Gasteiger partial charge in [-0.3, -0.25) is 14.4 Å². The summed E-state index contributed by atoms with van der Waals surface area (Å²) in [5, 5.41) is 0. The van der Waals surface area contributed by atoms with Gasteiger partial charge in [-0.1, -0.05) is 18.2 Å². The van der Waals surface area contributed by atoms with Crippen LogP contribution >= 0.6 is 0 Å². The van der Waals surface area contributed by atoms with Gasteiger partial charge < -0.3 is 14.5 Å². The molecule has 6 heteroatoms. The molecule has 0 radical (unpaired) electrons. The summed E-state index contributed by atoms with van der Waals surface area (Å²) in [6.07, 6.45) is 2.01. The third-order valence-electron chi connectivity index (χ3n) is 5.26. The van der Waals surface area contributed by atoms with Crippen LogP contribution in [0.5, 0.6) is 0 Å². The van der Waals surface area contributed by atoms with Crippen LogP contribution in [0.3, 0.4) is 0 Å². The number of nitrogens with zero attached hydrogens (tertiary/aromatic N) is 2. The summed E-state index contributed by atoms with van der Waals surface area (Å²) in [6.45, 7) is 5.59. The molecule has 0 bridgehead atoms. The van der Waals surface area contributed by atoms with Crippen LogP contribution in [-0.2, 0) is 19.1 Å². The van der Waals surface area contributed by atoms with E-state index < -0.39 is 5.92 Å². The molecule has 0 N–H and O–H groups in total. The predicted molar refractivity (Wildman–Crippen MR) is 97.6 cm³/mol. The predicted octanol–water partition coefficient (Wildman–Crippen LogP) is 2.15. The van der Waals surface area contributed by atoms with Gasteiger partial charge in [0.1, 0.15) is 5.92 Å². The molecule has 2 aliphatic heterocycles. The van der Waals surface area contributed by atoms with E-state index in [-0.39, 0.29) is 23.7 Å². The van der Waals surface area contributed by atoms with Gasteiger partial charge in [-0.05, 0) is 44.7 Å². The number of ether oxygens (including phenoxy) is 1. The molecule has 2 atom stereocenters. The highest BCUT2D eigenvalue weighted by Crippen LogP contribution is 2.30. The van der Waals surface area contributed by atoms with Crippen molar-refractivity contribution in [2.75, 3.05) is 31.1 Å². The first-order valence-corrected chi connectivity index (χ1v) is 9.35. The lowest BCUT2D eigenvalue weighted by Crippen LogP contribution is -2.46. The molecule has 3 rings (SSSR count). The summed E-state index contributed by atoms with van der Waals surface area (Å²) < 4.78 is 5.09. The Labute approximate surface area is 154 Å². The van der Waals surface area contributed by atoms with Crippen molar-refractivity contribution in [3.8, 4) is 0 Å². The fourth-order valence-corrected chi connectivity index (χ4v) is 3.86. The summed E-state index contributed by atoms with van der Waals surface area (Å²) in [7, 11) is 0. The van der Waals surface area contributed by atoms with Crippen LogP contribution in [0.4, 0.5) is 5.69 Å². The summed E-state index contributed by atoms with van der Waals surface area (Å²) in [5.74, 6) is -1.46. The van der Waals surface area contributed by atoms with Gasteiger partial charge in [0.25, 0.3) is 0 Å². The number of para-hydroxylation sites is 1. The number of rotatable bonds is 4. The lowest BCUT2D eigenvalue weighted by molar-refractivity contribution is -0.152. The number of piperidine rings is 1. The number of anilines is 1. The van der Waals surface area contributed by atoms with Crippen LogP contribution in [0.15, 0.2) is 24.3 Å². The molecule has 2 aliphatic rings. The van der Waals surface area contributed by atoms with E-state index in [0.29, 0.717) is 32.7 Å². The van der Waals surface area contributed by atoms with Crippen LogP contribution in [0, 0.1) is 18.8 Å². The van der Waals surface area contributed by atoms with Crippen molar-refractivity contribution < 1.29 is 19.1 Å². The largest absolute Gasteiger partial charge is 0.466 e. The Morgan fingerprint density at radius 2 is 1.96 bits per heavy atom. The lowest BCUT2D eigenvalue weighted by atomic mass is 9.96. The molecule has 1 aromatic carbocycles. The number of amides is 2. The highest BCUT2D eigenvalue weighted by molar-refractivity contribution is 6.10. The summed E-state index contributed by atoms with van der Waals surface area (Å²) in [5.41, 5.74) is 1.89.